The maximum Gasteiger partial charge on any atom is 0.251 e. The number of carbonyl (C=O) groups is 1. The number of hydrogen-bond acceptors (Lipinski definition) is 5. The van der Waals surface area contributed by atoms with E-state index in [1.807, 2.05) is 6.07 Å². The van der Waals surface area contributed by atoms with Crippen molar-refractivity contribution in [2.75, 3.05) is 27.4 Å². The van der Waals surface area contributed by atoms with Gasteiger partial charge in [-0.15, -0.1) is 0 Å². The van der Waals surface area contributed by atoms with Crippen LogP contribution in [0.15, 0.2) is 60.7 Å². The first-order valence-electron chi connectivity index (χ1n) is 13.1. The monoisotopic (exact) mass is 515 g/mol. The first-order valence-corrected chi connectivity index (χ1v) is 13.1. The smallest absolute Gasteiger partial charge is 0.251 e. The topological polar surface area (TPSA) is 74.6 Å². The van der Waals surface area contributed by atoms with Gasteiger partial charge in [0.1, 0.15) is 11.6 Å². The Balaban J connectivity index is 1.30. The Hall–Kier alpha value is -4.00. The number of aryl methyl sites for hydroxylation is 4. The summed E-state index contributed by atoms with van der Waals surface area (Å²) in [5.41, 5.74) is 5.11. The average molecular weight is 516 g/mol. The summed E-state index contributed by atoms with van der Waals surface area (Å²) < 4.78 is 18.9. The van der Waals surface area contributed by atoms with Gasteiger partial charge in [-0.25, -0.2) is 4.98 Å². The molecule has 4 rings (SSSR count). The van der Waals surface area contributed by atoms with E-state index in [2.05, 4.69) is 60.1 Å². The molecular weight excluding hydrogens is 478 g/mol. The number of ether oxygens (including phenoxy) is 3. The number of nitrogens with zero attached hydrogens (tertiary/aromatic N) is 2. The second-order valence-corrected chi connectivity index (χ2v) is 9.42. The molecule has 200 valence electrons. The van der Waals surface area contributed by atoms with E-state index in [0.717, 1.165) is 54.8 Å². The van der Waals surface area contributed by atoms with Crippen molar-refractivity contribution in [2.24, 2.45) is 0 Å². The van der Waals surface area contributed by atoms with Crippen LogP contribution in [0.25, 0.3) is 11.0 Å². The number of aromatic nitrogens is 2. The largest absolute Gasteiger partial charge is 0.493 e. The second kappa shape index (κ2) is 13.0. The van der Waals surface area contributed by atoms with Gasteiger partial charge in [-0.2, -0.15) is 0 Å². The Morgan fingerprint density at radius 1 is 0.895 bits per heavy atom. The Morgan fingerprint density at radius 3 is 2.47 bits per heavy atom. The van der Waals surface area contributed by atoms with Crippen molar-refractivity contribution < 1.29 is 19.0 Å². The highest BCUT2D eigenvalue weighted by Crippen LogP contribution is 2.27. The maximum absolute atomic E-state index is 12.6. The van der Waals surface area contributed by atoms with Gasteiger partial charge in [0.25, 0.3) is 5.91 Å². The van der Waals surface area contributed by atoms with Crippen molar-refractivity contribution in [1.82, 2.24) is 14.9 Å². The number of methoxy groups -OCH3 is 2. The Morgan fingerprint density at radius 2 is 1.68 bits per heavy atom. The van der Waals surface area contributed by atoms with E-state index >= 15 is 0 Å². The molecule has 0 spiro atoms. The van der Waals surface area contributed by atoms with Crippen molar-refractivity contribution in [1.29, 1.82) is 0 Å². The van der Waals surface area contributed by atoms with Crippen LogP contribution in [-0.4, -0.2) is 42.8 Å². The van der Waals surface area contributed by atoms with Crippen LogP contribution >= 0.6 is 0 Å². The molecule has 0 fully saturated rings. The van der Waals surface area contributed by atoms with E-state index in [4.69, 9.17) is 19.2 Å². The van der Waals surface area contributed by atoms with Crippen LogP contribution in [0, 0.1) is 13.8 Å². The lowest BCUT2D eigenvalue weighted by atomic mass is 10.1. The van der Waals surface area contributed by atoms with E-state index in [9.17, 15) is 4.79 Å². The number of fused-ring (bicyclic) bond motifs is 1. The van der Waals surface area contributed by atoms with Crippen molar-refractivity contribution in [3.8, 4) is 17.2 Å². The number of imidazole rings is 1. The van der Waals surface area contributed by atoms with Gasteiger partial charge in [0, 0.05) is 25.1 Å². The van der Waals surface area contributed by atoms with E-state index in [1.54, 1.807) is 32.4 Å². The fourth-order valence-electron chi connectivity index (χ4n) is 4.61. The van der Waals surface area contributed by atoms with Gasteiger partial charge < -0.3 is 24.1 Å². The number of amides is 1. The minimum Gasteiger partial charge on any atom is -0.493 e. The third-order valence-electron chi connectivity index (χ3n) is 6.61. The zero-order valence-electron chi connectivity index (χ0n) is 22.8. The van der Waals surface area contributed by atoms with Gasteiger partial charge >= 0.3 is 0 Å². The van der Waals surface area contributed by atoms with Gasteiger partial charge in [0.15, 0.2) is 11.5 Å². The highest BCUT2D eigenvalue weighted by Gasteiger charge is 2.13. The lowest BCUT2D eigenvalue weighted by molar-refractivity contribution is 0.0952. The predicted octanol–water partition coefficient (Wildman–Crippen LogP) is 5.89. The molecule has 1 N–H and O–H groups in total. The molecule has 0 bridgehead atoms. The quantitative estimate of drug-likeness (QED) is 0.225. The van der Waals surface area contributed by atoms with Crippen LogP contribution in [0.1, 0.15) is 46.6 Å². The number of carbonyl (C=O) groups excluding carboxylic acids is 1. The standard InChI is InChI=1S/C31H37N3O4/c1-22-13-15-27(23(2)20-22)38-19-8-7-18-34-26-11-6-5-10-25(26)33-30(34)12-9-17-32-31(35)24-14-16-28(36-3)29(21-24)37-4/h5-6,10-11,13-16,20-21H,7-9,12,17-19H2,1-4H3,(H,32,35). The Bertz CT molecular complexity index is 1380. The van der Waals surface area contributed by atoms with Gasteiger partial charge in [-0.3, -0.25) is 4.79 Å². The number of hydrogen-bond donors (Lipinski definition) is 1. The molecule has 0 unspecified atom stereocenters. The predicted molar refractivity (Wildman–Crippen MR) is 151 cm³/mol. The average Bonchev–Trinajstić information content (AvgIpc) is 3.28. The molecule has 1 heterocycles. The molecule has 1 amide bonds. The number of para-hydroxylation sites is 2. The molecule has 0 radical (unpaired) electrons. The summed E-state index contributed by atoms with van der Waals surface area (Å²) in [7, 11) is 3.13. The molecule has 0 aliphatic rings. The molecule has 1 aromatic heterocycles. The van der Waals surface area contributed by atoms with Crippen molar-refractivity contribution in [3.63, 3.8) is 0 Å². The van der Waals surface area contributed by atoms with Crippen molar-refractivity contribution >= 4 is 16.9 Å². The molecule has 0 aliphatic carbocycles. The highest BCUT2D eigenvalue weighted by molar-refractivity contribution is 5.94. The summed E-state index contributed by atoms with van der Waals surface area (Å²) in [5, 5.41) is 3.01. The molecule has 0 saturated heterocycles. The lowest BCUT2D eigenvalue weighted by Crippen LogP contribution is -2.25. The van der Waals surface area contributed by atoms with Gasteiger partial charge in [-0.1, -0.05) is 29.8 Å². The minimum absolute atomic E-state index is 0.136. The fourth-order valence-corrected chi connectivity index (χ4v) is 4.61. The molecule has 0 aliphatic heterocycles. The molecular formula is C31H37N3O4. The summed E-state index contributed by atoms with van der Waals surface area (Å²) in [6, 6.07) is 19.7. The summed E-state index contributed by atoms with van der Waals surface area (Å²) in [4.78, 5) is 17.5. The maximum atomic E-state index is 12.6. The van der Waals surface area contributed by atoms with Crippen molar-refractivity contribution in [2.45, 2.75) is 46.1 Å². The first kappa shape index (κ1) is 27.0. The SMILES string of the molecule is COc1ccc(C(=O)NCCCc2nc3ccccc3n2CCCCOc2ccc(C)cc2C)cc1OC. The number of nitrogens with one attached hydrogen (secondary N) is 1. The molecule has 7 nitrogen and oxygen atoms in total. The Labute approximate surface area is 224 Å². The van der Waals surface area contributed by atoms with Crippen LogP contribution in [0.3, 0.4) is 0 Å². The zero-order valence-corrected chi connectivity index (χ0v) is 22.8. The highest BCUT2D eigenvalue weighted by atomic mass is 16.5. The summed E-state index contributed by atoms with van der Waals surface area (Å²) in [6.07, 6.45) is 3.52. The normalized spacial score (nSPS) is 10.9. The number of benzene rings is 3. The minimum atomic E-state index is -0.136. The number of unbranched alkanes of at least 4 members (excludes halogenated alkanes) is 1. The molecule has 3 aromatic carbocycles. The van der Waals surface area contributed by atoms with Crippen molar-refractivity contribution in [3.05, 3.63) is 83.2 Å². The van der Waals surface area contributed by atoms with Crippen LogP contribution in [0.2, 0.25) is 0 Å². The number of rotatable bonds is 13. The first-order chi connectivity index (χ1) is 18.5. The molecule has 0 saturated carbocycles. The second-order valence-electron chi connectivity index (χ2n) is 9.42. The van der Waals surface area contributed by atoms with E-state index < -0.39 is 0 Å². The summed E-state index contributed by atoms with van der Waals surface area (Å²) in [6.45, 7) is 6.30. The van der Waals surface area contributed by atoms with Crippen LogP contribution in [0.5, 0.6) is 17.2 Å². The lowest BCUT2D eigenvalue weighted by Gasteiger charge is -2.12. The molecule has 4 aromatic rings. The van der Waals surface area contributed by atoms with E-state index in [0.29, 0.717) is 30.2 Å². The van der Waals surface area contributed by atoms with Gasteiger partial charge in [0.2, 0.25) is 0 Å². The van der Waals surface area contributed by atoms with Crippen LogP contribution in [0.4, 0.5) is 0 Å². The summed E-state index contributed by atoms with van der Waals surface area (Å²) >= 11 is 0. The van der Waals surface area contributed by atoms with Gasteiger partial charge in [-0.05, 0) is 75.1 Å². The summed E-state index contributed by atoms with van der Waals surface area (Å²) in [5.74, 6) is 3.00. The zero-order chi connectivity index (χ0) is 26.9. The fraction of sp³-hybridized carbons (Fsp3) is 0.355. The van der Waals surface area contributed by atoms with Gasteiger partial charge in [0.05, 0.1) is 31.9 Å². The van der Waals surface area contributed by atoms with E-state index in [-0.39, 0.29) is 5.91 Å². The molecule has 7 heteroatoms. The third kappa shape index (κ3) is 6.65. The Kier molecular flexibility index (Phi) is 9.25. The van der Waals surface area contributed by atoms with Crippen LogP contribution < -0.4 is 19.5 Å². The van der Waals surface area contributed by atoms with Crippen LogP contribution in [-0.2, 0) is 13.0 Å². The third-order valence-corrected chi connectivity index (χ3v) is 6.61. The van der Waals surface area contributed by atoms with E-state index in [1.165, 1.54) is 11.1 Å². The molecule has 0 atom stereocenters. The molecule has 38 heavy (non-hydrogen) atoms.